The van der Waals surface area contributed by atoms with Crippen LogP contribution in [0.15, 0.2) is 42.9 Å². The second kappa shape index (κ2) is 8.57. The Labute approximate surface area is 166 Å². The highest BCUT2D eigenvalue weighted by atomic mass is 19.3. The molecular weight excluding hydrogens is 384 g/mol. The van der Waals surface area contributed by atoms with Gasteiger partial charge in [0.05, 0.1) is 25.0 Å². The van der Waals surface area contributed by atoms with Crippen molar-refractivity contribution in [3.8, 4) is 0 Å². The van der Waals surface area contributed by atoms with Gasteiger partial charge in [-0.25, -0.2) is 17.6 Å². The Kier molecular flexibility index (Phi) is 6.12. The molecule has 1 saturated heterocycles. The highest BCUT2D eigenvalue weighted by Crippen LogP contribution is 2.28. The van der Waals surface area contributed by atoms with Gasteiger partial charge in [0.2, 0.25) is 0 Å². The van der Waals surface area contributed by atoms with Crippen molar-refractivity contribution in [3.05, 3.63) is 71.2 Å². The average Bonchev–Trinajstić information content (AvgIpc) is 2.65. The lowest BCUT2D eigenvalue weighted by Gasteiger charge is -2.38. The first kappa shape index (κ1) is 20.7. The van der Waals surface area contributed by atoms with Crippen LogP contribution in [0, 0.1) is 17.0 Å². The van der Waals surface area contributed by atoms with E-state index in [1.807, 2.05) is 0 Å². The monoisotopic (exact) mass is 404 g/mol. The summed E-state index contributed by atoms with van der Waals surface area (Å²) in [6.07, 6.45) is 8.17. The van der Waals surface area contributed by atoms with Gasteiger partial charge >= 0.3 is 0 Å². The van der Waals surface area contributed by atoms with Crippen LogP contribution in [0.3, 0.4) is 0 Å². The molecule has 2 N–H and O–H groups in total. The Morgan fingerprint density at radius 3 is 2.62 bits per heavy atom. The molecule has 0 radical (unpaired) electrons. The van der Waals surface area contributed by atoms with Crippen LogP contribution < -0.4 is 5.32 Å². The van der Waals surface area contributed by atoms with Crippen LogP contribution in [0.1, 0.15) is 23.6 Å². The number of aromatic nitrogens is 1. The Hall–Kier alpha value is -3.00. The number of alkyl halides is 2. The van der Waals surface area contributed by atoms with E-state index >= 15 is 0 Å². The molecular formula is C21H20F4N4. The number of allylic oxidation sites excluding steroid dienone is 2. The number of anilines is 1. The van der Waals surface area contributed by atoms with E-state index in [2.05, 4.69) is 10.3 Å². The van der Waals surface area contributed by atoms with E-state index < -0.39 is 17.6 Å². The van der Waals surface area contributed by atoms with E-state index in [0.717, 1.165) is 12.4 Å². The minimum atomic E-state index is -2.65. The lowest BCUT2D eigenvalue weighted by molar-refractivity contribution is -0.133. The maximum absolute atomic E-state index is 14.3. The lowest BCUT2D eigenvalue weighted by Crippen LogP contribution is -2.55. The molecule has 29 heavy (non-hydrogen) atoms. The molecule has 2 heterocycles. The number of hydrogen-bond acceptors (Lipinski definition) is 4. The van der Waals surface area contributed by atoms with Gasteiger partial charge in [-0.2, -0.15) is 0 Å². The number of halogens is 4. The highest BCUT2D eigenvalue weighted by molar-refractivity contribution is 6.09. The Morgan fingerprint density at radius 2 is 2.00 bits per heavy atom. The molecule has 3 rings (SSSR count). The van der Waals surface area contributed by atoms with E-state index in [0.29, 0.717) is 16.7 Å². The van der Waals surface area contributed by atoms with Gasteiger partial charge in [0.25, 0.3) is 5.92 Å². The predicted octanol–water partition coefficient (Wildman–Crippen LogP) is 4.95. The molecule has 1 aliphatic rings. The number of hydrogen-bond donors (Lipinski definition) is 2. The second-order valence-corrected chi connectivity index (χ2v) is 6.77. The Morgan fingerprint density at radius 1 is 1.24 bits per heavy atom. The summed E-state index contributed by atoms with van der Waals surface area (Å²) < 4.78 is 54.2. The van der Waals surface area contributed by atoms with Crippen molar-refractivity contribution < 1.29 is 17.6 Å². The third-order valence-electron chi connectivity index (χ3n) is 4.54. The van der Waals surface area contributed by atoms with Crippen LogP contribution in [0.25, 0.3) is 11.6 Å². The van der Waals surface area contributed by atoms with Crippen LogP contribution in [-0.2, 0) is 6.54 Å². The highest BCUT2D eigenvalue weighted by Gasteiger charge is 2.43. The third-order valence-corrected chi connectivity index (χ3v) is 4.54. The van der Waals surface area contributed by atoms with Gasteiger partial charge < -0.3 is 10.7 Å². The molecule has 0 saturated carbocycles. The first-order valence-electron chi connectivity index (χ1n) is 8.95. The number of nitrogens with one attached hydrogen (secondary N) is 2. The fraction of sp³-hybridized carbons (Fsp3) is 0.238. The number of pyridine rings is 1. The van der Waals surface area contributed by atoms with Gasteiger partial charge in [0.15, 0.2) is 0 Å². The van der Waals surface area contributed by atoms with Gasteiger partial charge in [0.1, 0.15) is 11.6 Å². The quantitative estimate of drug-likeness (QED) is 0.507. The average molecular weight is 404 g/mol. The number of rotatable bonds is 7. The smallest absolute Gasteiger partial charge is 0.272 e. The van der Waals surface area contributed by atoms with Crippen molar-refractivity contribution in [2.24, 2.45) is 0 Å². The molecule has 0 aliphatic carbocycles. The number of nitrogens with zero attached hydrogens (tertiary/aromatic N) is 2. The summed E-state index contributed by atoms with van der Waals surface area (Å²) in [5, 5.41) is 10.2. The Balaban J connectivity index is 1.70. The summed E-state index contributed by atoms with van der Waals surface area (Å²) in [4.78, 5) is 5.36. The first-order chi connectivity index (χ1) is 13.8. The molecule has 1 fully saturated rings. The molecule has 0 bridgehead atoms. The number of benzene rings is 1. The third kappa shape index (κ3) is 4.89. The largest absolute Gasteiger partial charge is 0.359 e. The second-order valence-electron chi connectivity index (χ2n) is 6.77. The summed E-state index contributed by atoms with van der Waals surface area (Å²) in [5.41, 5.74) is 1.87. The maximum Gasteiger partial charge on any atom is 0.272 e. The predicted molar refractivity (Wildman–Crippen MR) is 106 cm³/mol. The van der Waals surface area contributed by atoms with Gasteiger partial charge in [-0.1, -0.05) is 12.1 Å². The van der Waals surface area contributed by atoms with Gasteiger partial charge in [0, 0.05) is 36.3 Å². The SMILES string of the molecule is C/C=C(\C=N)c1c(F)cncc1/C=C/Nc1ccc(CN2CC(F)(F)C2)cc1F. The van der Waals surface area contributed by atoms with Gasteiger partial charge in [-0.3, -0.25) is 9.88 Å². The fourth-order valence-corrected chi connectivity index (χ4v) is 3.15. The molecule has 152 valence electrons. The zero-order chi connectivity index (χ0) is 21.0. The van der Waals surface area contributed by atoms with Crippen molar-refractivity contribution in [3.63, 3.8) is 0 Å². The normalized spacial score (nSPS) is 16.7. The molecule has 0 atom stereocenters. The molecule has 0 unspecified atom stereocenters. The molecule has 1 aromatic heterocycles. The molecule has 8 heteroatoms. The summed E-state index contributed by atoms with van der Waals surface area (Å²) in [6.45, 7) is 1.33. The molecule has 0 amide bonds. The van der Waals surface area contributed by atoms with Crippen LogP contribution >= 0.6 is 0 Å². The van der Waals surface area contributed by atoms with Crippen molar-refractivity contribution in [1.82, 2.24) is 9.88 Å². The van der Waals surface area contributed by atoms with E-state index in [-0.39, 0.29) is 30.9 Å². The molecule has 2 aromatic rings. The van der Waals surface area contributed by atoms with Crippen LogP contribution in [0.4, 0.5) is 23.2 Å². The van der Waals surface area contributed by atoms with E-state index in [9.17, 15) is 17.6 Å². The summed E-state index contributed by atoms with van der Waals surface area (Å²) in [6, 6.07) is 4.49. The minimum Gasteiger partial charge on any atom is -0.359 e. The Bertz CT molecular complexity index is 961. The zero-order valence-electron chi connectivity index (χ0n) is 15.7. The van der Waals surface area contributed by atoms with Crippen LogP contribution in [0.2, 0.25) is 0 Å². The van der Waals surface area contributed by atoms with Crippen LogP contribution in [-0.4, -0.2) is 35.1 Å². The first-order valence-corrected chi connectivity index (χ1v) is 8.95. The zero-order valence-corrected chi connectivity index (χ0v) is 15.7. The topological polar surface area (TPSA) is 52.0 Å². The number of likely N-dealkylation sites (tertiary alicyclic amines) is 1. The fourth-order valence-electron chi connectivity index (χ4n) is 3.15. The molecule has 1 aliphatic heterocycles. The summed E-state index contributed by atoms with van der Waals surface area (Å²) in [7, 11) is 0. The standard InChI is InChI=1S/C21H20F4N4/c1-2-15(8-26)20-16(9-27-10-18(20)23)5-6-28-19-4-3-14(7-17(19)22)11-29-12-21(24,25)13-29/h2-10,26,28H,11-13H2,1H3/b6-5+,15-2+,26-8?. The summed E-state index contributed by atoms with van der Waals surface area (Å²) in [5.74, 6) is -3.73. The van der Waals surface area contributed by atoms with Crippen molar-refractivity contribution >= 4 is 23.6 Å². The maximum atomic E-state index is 14.3. The van der Waals surface area contributed by atoms with Gasteiger partial charge in [-0.05, 0) is 36.3 Å². The minimum absolute atomic E-state index is 0.197. The van der Waals surface area contributed by atoms with Crippen molar-refractivity contribution in [1.29, 1.82) is 5.41 Å². The van der Waals surface area contributed by atoms with E-state index in [1.54, 1.807) is 24.0 Å². The molecule has 4 nitrogen and oxygen atoms in total. The van der Waals surface area contributed by atoms with Gasteiger partial charge in [-0.15, -0.1) is 0 Å². The summed E-state index contributed by atoms with van der Waals surface area (Å²) >= 11 is 0. The lowest BCUT2D eigenvalue weighted by atomic mass is 10.0. The van der Waals surface area contributed by atoms with Crippen molar-refractivity contribution in [2.45, 2.75) is 19.4 Å². The van der Waals surface area contributed by atoms with Crippen LogP contribution in [0.5, 0.6) is 0 Å². The van der Waals surface area contributed by atoms with Crippen molar-refractivity contribution in [2.75, 3.05) is 18.4 Å². The molecule has 0 spiro atoms. The van der Waals surface area contributed by atoms with E-state index in [4.69, 9.17) is 5.41 Å². The van der Waals surface area contributed by atoms with E-state index in [1.165, 1.54) is 30.6 Å². The molecule has 1 aromatic carbocycles.